The first kappa shape index (κ1) is 14.9. The van der Waals surface area contributed by atoms with Crippen LogP contribution in [-0.4, -0.2) is 26.7 Å². The Balaban J connectivity index is 2.61. The number of hydrogen-bond acceptors (Lipinski definition) is 3. The van der Waals surface area contributed by atoms with Gasteiger partial charge in [-0.3, -0.25) is 9.89 Å². The van der Waals surface area contributed by atoms with Crippen LogP contribution in [0.25, 0.3) is 0 Å². The van der Waals surface area contributed by atoms with Crippen LogP contribution < -0.4 is 5.32 Å². The third-order valence-corrected chi connectivity index (χ3v) is 3.20. The number of aromatic nitrogens is 3. The predicted octanol–water partition coefficient (Wildman–Crippen LogP) is 2.37. The Morgan fingerprint density at radius 3 is 2.72 bits per heavy atom. The van der Waals surface area contributed by atoms with Gasteiger partial charge in [-0.25, -0.2) is 0 Å². The summed E-state index contributed by atoms with van der Waals surface area (Å²) in [7, 11) is 0. The van der Waals surface area contributed by atoms with Crippen LogP contribution in [0.1, 0.15) is 52.3 Å². The van der Waals surface area contributed by atoms with E-state index in [0.29, 0.717) is 17.7 Å². The van der Waals surface area contributed by atoms with Gasteiger partial charge in [0.05, 0.1) is 0 Å². The van der Waals surface area contributed by atoms with E-state index < -0.39 is 0 Å². The Bertz CT molecular complexity index is 449. The SMILES string of the molecule is CCC(C)NC(=O)CCn1c(C(C)C)n[nH]c1=S. The van der Waals surface area contributed by atoms with Crippen molar-refractivity contribution >= 4 is 18.1 Å². The molecule has 0 spiro atoms. The first-order valence-electron chi connectivity index (χ1n) is 6.40. The molecule has 6 heteroatoms. The number of nitrogens with one attached hydrogen (secondary N) is 2. The Kier molecular flexibility index (Phi) is 5.53. The lowest BCUT2D eigenvalue weighted by atomic mass is 10.2. The minimum absolute atomic E-state index is 0.0576. The van der Waals surface area contributed by atoms with Gasteiger partial charge < -0.3 is 9.88 Å². The van der Waals surface area contributed by atoms with Gasteiger partial charge in [0.25, 0.3) is 0 Å². The summed E-state index contributed by atoms with van der Waals surface area (Å²) in [6.45, 7) is 8.74. The molecule has 0 aromatic carbocycles. The smallest absolute Gasteiger partial charge is 0.222 e. The number of nitrogens with zero attached hydrogens (tertiary/aromatic N) is 2. The summed E-state index contributed by atoms with van der Waals surface area (Å²) in [4.78, 5) is 11.7. The van der Waals surface area contributed by atoms with E-state index in [2.05, 4.69) is 29.4 Å². The molecule has 0 saturated carbocycles. The number of hydrogen-bond donors (Lipinski definition) is 2. The summed E-state index contributed by atoms with van der Waals surface area (Å²) in [5.41, 5.74) is 0. The van der Waals surface area contributed by atoms with Crippen LogP contribution in [-0.2, 0) is 11.3 Å². The highest BCUT2D eigenvalue weighted by molar-refractivity contribution is 7.71. The standard InChI is InChI=1S/C12H22N4OS/c1-5-9(4)13-10(17)6-7-16-11(8(2)3)14-15-12(16)18/h8-9H,5-7H2,1-4H3,(H,13,17)(H,15,18). The quantitative estimate of drug-likeness (QED) is 0.780. The number of carbonyl (C=O) groups is 1. The maximum Gasteiger partial charge on any atom is 0.222 e. The summed E-state index contributed by atoms with van der Waals surface area (Å²) < 4.78 is 2.48. The lowest BCUT2D eigenvalue weighted by Crippen LogP contribution is -2.32. The van der Waals surface area contributed by atoms with E-state index in [0.717, 1.165) is 12.2 Å². The highest BCUT2D eigenvalue weighted by Gasteiger charge is 2.12. The lowest BCUT2D eigenvalue weighted by molar-refractivity contribution is -0.121. The van der Waals surface area contributed by atoms with Crippen LogP contribution in [0, 0.1) is 4.77 Å². The number of carbonyl (C=O) groups excluding carboxylic acids is 1. The van der Waals surface area contributed by atoms with Crippen molar-refractivity contribution in [2.24, 2.45) is 0 Å². The number of rotatable bonds is 6. The maximum atomic E-state index is 11.7. The van der Waals surface area contributed by atoms with Crippen molar-refractivity contribution in [3.05, 3.63) is 10.6 Å². The molecule has 1 aromatic rings. The molecule has 1 aromatic heterocycles. The molecule has 2 N–H and O–H groups in total. The van der Waals surface area contributed by atoms with Crippen molar-refractivity contribution in [3.8, 4) is 0 Å². The van der Waals surface area contributed by atoms with Crippen molar-refractivity contribution in [2.75, 3.05) is 0 Å². The minimum Gasteiger partial charge on any atom is -0.354 e. The molecule has 102 valence electrons. The van der Waals surface area contributed by atoms with Gasteiger partial charge in [-0.05, 0) is 25.6 Å². The van der Waals surface area contributed by atoms with Gasteiger partial charge in [-0.15, -0.1) is 0 Å². The highest BCUT2D eigenvalue weighted by Crippen LogP contribution is 2.11. The second-order valence-corrected chi connectivity index (χ2v) is 5.21. The Morgan fingerprint density at radius 1 is 1.50 bits per heavy atom. The molecular weight excluding hydrogens is 248 g/mol. The Hall–Kier alpha value is -1.17. The molecule has 1 rings (SSSR count). The predicted molar refractivity (Wildman–Crippen MR) is 74.0 cm³/mol. The van der Waals surface area contributed by atoms with E-state index in [1.54, 1.807) is 0 Å². The average Bonchev–Trinajstić information content (AvgIpc) is 2.68. The van der Waals surface area contributed by atoms with E-state index in [1.165, 1.54) is 0 Å². The van der Waals surface area contributed by atoms with E-state index >= 15 is 0 Å². The van der Waals surface area contributed by atoms with Gasteiger partial charge in [0.1, 0.15) is 5.82 Å². The zero-order chi connectivity index (χ0) is 13.7. The molecule has 1 heterocycles. The van der Waals surface area contributed by atoms with Crippen LogP contribution in [0.3, 0.4) is 0 Å². The van der Waals surface area contributed by atoms with Crippen LogP contribution in [0.2, 0.25) is 0 Å². The Morgan fingerprint density at radius 2 is 2.17 bits per heavy atom. The third kappa shape index (κ3) is 3.94. The normalized spacial score (nSPS) is 12.7. The highest BCUT2D eigenvalue weighted by atomic mass is 32.1. The summed E-state index contributed by atoms with van der Waals surface area (Å²) in [5.74, 6) is 1.24. The molecule has 1 atom stereocenters. The van der Waals surface area contributed by atoms with Gasteiger partial charge in [0, 0.05) is 24.9 Å². The van der Waals surface area contributed by atoms with Crippen LogP contribution >= 0.6 is 12.2 Å². The van der Waals surface area contributed by atoms with Crippen molar-refractivity contribution in [1.29, 1.82) is 0 Å². The zero-order valence-corrected chi connectivity index (χ0v) is 12.3. The van der Waals surface area contributed by atoms with E-state index in [4.69, 9.17) is 12.2 Å². The zero-order valence-electron chi connectivity index (χ0n) is 11.5. The number of H-pyrrole nitrogens is 1. The molecule has 0 fully saturated rings. The molecule has 18 heavy (non-hydrogen) atoms. The number of amides is 1. The third-order valence-electron chi connectivity index (χ3n) is 2.89. The van der Waals surface area contributed by atoms with E-state index in [-0.39, 0.29) is 17.9 Å². The van der Waals surface area contributed by atoms with Crippen LogP contribution in [0.4, 0.5) is 0 Å². The molecule has 0 aliphatic rings. The molecule has 5 nitrogen and oxygen atoms in total. The van der Waals surface area contributed by atoms with Gasteiger partial charge >= 0.3 is 0 Å². The van der Waals surface area contributed by atoms with Crippen LogP contribution in [0.5, 0.6) is 0 Å². The molecule has 0 saturated heterocycles. The molecule has 1 unspecified atom stereocenters. The maximum absolute atomic E-state index is 11.7. The average molecular weight is 270 g/mol. The minimum atomic E-state index is 0.0576. The molecule has 0 aliphatic carbocycles. The summed E-state index contributed by atoms with van der Waals surface area (Å²) >= 11 is 5.17. The Labute approximate surface area is 113 Å². The molecule has 0 radical (unpaired) electrons. The second kappa shape index (κ2) is 6.68. The van der Waals surface area contributed by atoms with Gasteiger partial charge in [-0.1, -0.05) is 20.8 Å². The molecular formula is C12H22N4OS. The molecule has 1 amide bonds. The van der Waals surface area contributed by atoms with E-state index in [1.807, 2.05) is 18.4 Å². The fourth-order valence-corrected chi connectivity index (χ4v) is 1.88. The van der Waals surface area contributed by atoms with Crippen molar-refractivity contribution < 1.29 is 4.79 Å². The monoisotopic (exact) mass is 270 g/mol. The van der Waals surface area contributed by atoms with Gasteiger partial charge in [0.15, 0.2) is 4.77 Å². The summed E-state index contributed by atoms with van der Waals surface area (Å²) in [6, 6.07) is 0.222. The van der Waals surface area contributed by atoms with Gasteiger partial charge in [-0.2, -0.15) is 5.10 Å². The molecule has 0 bridgehead atoms. The lowest BCUT2D eigenvalue weighted by Gasteiger charge is -2.12. The van der Waals surface area contributed by atoms with Gasteiger partial charge in [0.2, 0.25) is 5.91 Å². The molecule has 0 aliphatic heterocycles. The summed E-state index contributed by atoms with van der Waals surface area (Å²) in [5, 5.41) is 9.91. The fraction of sp³-hybridized carbons (Fsp3) is 0.750. The second-order valence-electron chi connectivity index (χ2n) is 4.82. The van der Waals surface area contributed by atoms with Crippen molar-refractivity contribution in [2.45, 2.75) is 59.0 Å². The number of aromatic amines is 1. The summed E-state index contributed by atoms with van der Waals surface area (Å²) in [6.07, 6.45) is 1.37. The van der Waals surface area contributed by atoms with Crippen molar-refractivity contribution in [1.82, 2.24) is 20.1 Å². The first-order valence-corrected chi connectivity index (χ1v) is 6.81. The van der Waals surface area contributed by atoms with E-state index in [9.17, 15) is 4.79 Å². The van der Waals surface area contributed by atoms with Crippen molar-refractivity contribution in [3.63, 3.8) is 0 Å². The fourth-order valence-electron chi connectivity index (χ4n) is 1.65. The first-order chi connectivity index (χ1) is 8.45. The topological polar surface area (TPSA) is 62.7 Å². The largest absolute Gasteiger partial charge is 0.354 e. The van der Waals surface area contributed by atoms with Crippen LogP contribution in [0.15, 0.2) is 0 Å².